The van der Waals surface area contributed by atoms with Crippen LogP contribution in [0.3, 0.4) is 0 Å². The van der Waals surface area contributed by atoms with Crippen LogP contribution >= 0.6 is 0 Å². The van der Waals surface area contributed by atoms with Gasteiger partial charge in [0.15, 0.2) is 0 Å². The van der Waals surface area contributed by atoms with Gasteiger partial charge in [-0.3, -0.25) is 9.78 Å². The number of methoxy groups -OCH3 is 1. The summed E-state index contributed by atoms with van der Waals surface area (Å²) >= 11 is 0. The van der Waals surface area contributed by atoms with Crippen LogP contribution in [0.5, 0.6) is 0 Å². The van der Waals surface area contributed by atoms with E-state index in [2.05, 4.69) is 30.0 Å². The molecule has 1 fully saturated rings. The van der Waals surface area contributed by atoms with E-state index in [0.717, 1.165) is 19.4 Å². The van der Waals surface area contributed by atoms with Gasteiger partial charge in [0.1, 0.15) is 6.61 Å². The summed E-state index contributed by atoms with van der Waals surface area (Å²) < 4.78 is 4.99. The van der Waals surface area contributed by atoms with Crippen molar-refractivity contribution in [3.63, 3.8) is 0 Å². The Kier molecular flexibility index (Phi) is 5.09. The summed E-state index contributed by atoms with van der Waals surface area (Å²) in [6, 6.07) is 4.58. The highest BCUT2D eigenvalue weighted by molar-refractivity contribution is 5.78. The van der Waals surface area contributed by atoms with Crippen LogP contribution < -0.4 is 0 Å². The van der Waals surface area contributed by atoms with Gasteiger partial charge < -0.3 is 14.5 Å². The molecule has 0 unspecified atom stereocenters. The lowest BCUT2D eigenvalue weighted by molar-refractivity contribution is -0.136. The molecule has 0 radical (unpaired) electrons. The maximum absolute atomic E-state index is 12.2. The van der Waals surface area contributed by atoms with Gasteiger partial charge in [-0.25, -0.2) is 0 Å². The predicted octanol–water partition coefficient (Wildman–Crippen LogP) is 0.802. The van der Waals surface area contributed by atoms with Gasteiger partial charge in [0, 0.05) is 32.1 Å². The van der Waals surface area contributed by atoms with E-state index in [0.29, 0.717) is 6.04 Å². The highest BCUT2D eigenvalue weighted by Gasteiger charge is 2.37. The van der Waals surface area contributed by atoms with Crippen LogP contribution in [0, 0.1) is 0 Å². The van der Waals surface area contributed by atoms with Gasteiger partial charge in [-0.15, -0.1) is 0 Å². The summed E-state index contributed by atoms with van der Waals surface area (Å²) in [7, 11) is 5.71. The van der Waals surface area contributed by atoms with Gasteiger partial charge in [-0.05, 0) is 38.6 Å². The monoisotopic (exact) mass is 277 g/mol. The predicted molar refractivity (Wildman–Crippen MR) is 77.4 cm³/mol. The lowest BCUT2D eigenvalue weighted by Gasteiger charge is -2.31. The number of carbonyl (C=O) groups is 1. The molecule has 0 aliphatic carbocycles. The number of aromatic nitrogens is 1. The zero-order chi connectivity index (χ0) is 14.5. The molecule has 0 bridgehead atoms. The molecular formula is C15H23N3O2. The maximum Gasteiger partial charge on any atom is 0.248 e. The second kappa shape index (κ2) is 6.81. The molecule has 5 nitrogen and oxygen atoms in total. The molecule has 1 saturated heterocycles. The Labute approximate surface area is 120 Å². The van der Waals surface area contributed by atoms with E-state index in [1.54, 1.807) is 13.3 Å². The van der Waals surface area contributed by atoms with Crippen LogP contribution in [0.1, 0.15) is 12.0 Å². The quantitative estimate of drug-likeness (QED) is 0.799. The number of hydrogen-bond acceptors (Lipinski definition) is 4. The number of amides is 1. The molecule has 0 aromatic carbocycles. The zero-order valence-corrected chi connectivity index (χ0v) is 12.5. The molecule has 2 atom stereocenters. The topological polar surface area (TPSA) is 45.7 Å². The van der Waals surface area contributed by atoms with Crippen molar-refractivity contribution < 1.29 is 9.53 Å². The maximum atomic E-state index is 12.2. The van der Waals surface area contributed by atoms with Gasteiger partial charge >= 0.3 is 0 Å². The average molecular weight is 277 g/mol. The number of ether oxygens (including phenoxy) is 1. The van der Waals surface area contributed by atoms with Crippen LogP contribution in [0.25, 0.3) is 0 Å². The van der Waals surface area contributed by atoms with Crippen LogP contribution in [0.15, 0.2) is 24.5 Å². The van der Waals surface area contributed by atoms with Crippen molar-refractivity contribution in [2.24, 2.45) is 0 Å². The van der Waals surface area contributed by atoms with E-state index >= 15 is 0 Å². The molecule has 0 saturated carbocycles. The molecule has 1 aromatic rings. The van der Waals surface area contributed by atoms with Gasteiger partial charge in [-0.1, -0.05) is 6.07 Å². The van der Waals surface area contributed by atoms with Crippen LogP contribution in [-0.4, -0.2) is 67.1 Å². The minimum atomic E-state index is 0.0748. The molecule has 1 aromatic heterocycles. The number of hydrogen-bond donors (Lipinski definition) is 0. The molecule has 1 aliphatic heterocycles. The molecule has 20 heavy (non-hydrogen) atoms. The van der Waals surface area contributed by atoms with Crippen molar-refractivity contribution in [1.82, 2.24) is 14.8 Å². The molecule has 0 spiro atoms. The van der Waals surface area contributed by atoms with E-state index in [-0.39, 0.29) is 18.6 Å². The number of likely N-dealkylation sites (N-methyl/N-ethyl adjacent to an activating group) is 1. The van der Waals surface area contributed by atoms with Crippen LogP contribution in [-0.2, 0) is 16.0 Å². The fraction of sp³-hybridized carbons (Fsp3) is 0.600. The van der Waals surface area contributed by atoms with Gasteiger partial charge in [0.2, 0.25) is 5.91 Å². The Morgan fingerprint density at radius 2 is 2.35 bits per heavy atom. The minimum absolute atomic E-state index is 0.0748. The first kappa shape index (κ1) is 14.9. The second-order valence-electron chi connectivity index (χ2n) is 5.47. The third kappa shape index (κ3) is 3.35. The molecule has 1 amide bonds. The molecule has 2 heterocycles. The Morgan fingerprint density at radius 1 is 1.55 bits per heavy atom. The Morgan fingerprint density at radius 3 is 2.95 bits per heavy atom. The smallest absolute Gasteiger partial charge is 0.248 e. The Bertz CT molecular complexity index is 436. The van der Waals surface area contributed by atoms with Crippen molar-refractivity contribution in [3.05, 3.63) is 30.1 Å². The van der Waals surface area contributed by atoms with Crippen molar-refractivity contribution >= 4 is 5.91 Å². The van der Waals surface area contributed by atoms with Crippen LogP contribution in [0.4, 0.5) is 0 Å². The molecule has 2 rings (SSSR count). The number of nitrogens with zero attached hydrogens (tertiary/aromatic N) is 3. The van der Waals surface area contributed by atoms with Gasteiger partial charge in [0.25, 0.3) is 0 Å². The summed E-state index contributed by atoms with van der Waals surface area (Å²) in [4.78, 5) is 20.5. The fourth-order valence-electron chi connectivity index (χ4n) is 2.96. The Hall–Kier alpha value is -1.46. The SMILES string of the molecule is COCC(=O)N1CC[C@@H](N(C)C)[C@@H]1Cc1cccnc1. The van der Waals surface area contributed by atoms with Crippen molar-refractivity contribution in [2.45, 2.75) is 24.9 Å². The lowest BCUT2D eigenvalue weighted by atomic mass is 10.0. The molecule has 110 valence electrons. The van der Waals surface area contributed by atoms with Crippen molar-refractivity contribution in [1.29, 1.82) is 0 Å². The molecule has 1 aliphatic rings. The van der Waals surface area contributed by atoms with Crippen molar-refractivity contribution in [2.75, 3.05) is 34.4 Å². The fourth-order valence-corrected chi connectivity index (χ4v) is 2.96. The highest BCUT2D eigenvalue weighted by atomic mass is 16.5. The van der Waals surface area contributed by atoms with E-state index in [9.17, 15) is 4.79 Å². The van der Waals surface area contributed by atoms with Gasteiger partial charge in [-0.2, -0.15) is 0 Å². The number of carbonyl (C=O) groups excluding carboxylic acids is 1. The third-order valence-corrected chi connectivity index (χ3v) is 3.93. The van der Waals surface area contributed by atoms with E-state index in [1.165, 1.54) is 5.56 Å². The number of rotatable bonds is 5. The highest BCUT2D eigenvalue weighted by Crippen LogP contribution is 2.24. The minimum Gasteiger partial charge on any atom is -0.375 e. The summed E-state index contributed by atoms with van der Waals surface area (Å²) in [5.41, 5.74) is 1.17. The molecule has 0 N–H and O–H groups in total. The summed E-state index contributed by atoms with van der Waals surface area (Å²) in [6.45, 7) is 0.958. The third-order valence-electron chi connectivity index (χ3n) is 3.93. The van der Waals surface area contributed by atoms with Crippen molar-refractivity contribution in [3.8, 4) is 0 Å². The first-order chi connectivity index (χ1) is 9.63. The lowest BCUT2D eigenvalue weighted by Crippen LogP contribution is -2.46. The molecular weight excluding hydrogens is 254 g/mol. The largest absolute Gasteiger partial charge is 0.375 e. The normalized spacial score (nSPS) is 22.5. The summed E-state index contributed by atoms with van der Waals surface area (Å²) in [6.07, 6.45) is 5.50. The van der Waals surface area contributed by atoms with E-state index in [1.807, 2.05) is 17.2 Å². The second-order valence-corrected chi connectivity index (χ2v) is 5.47. The summed E-state index contributed by atoms with van der Waals surface area (Å²) in [5.74, 6) is 0.0748. The van der Waals surface area contributed by atoms with Crippen LogP contribution in [0.2, 0.25) is 0 Å². The standard InChI is InChI=1S/C15H23N3O2/c1-17(2)13-6-8-18(15(19)11-20-3)14(13)9-12-5-4-7-16-10-12/h4-5,7,10,13-14H,6,8-9,11H2,1-3H3/t13-,14+/m1/s1. The number of likely N-dealkylation sites (tertiary alicyclic amines) is 1. The van der Waals surface area contributed by atoms with E-state index in [4.69, 9.17) is 4.74 Å². The Balaban J connectivity index is 2.14. The van der Waals surface area contributed by atoms with Gasteiger partial charge in [0.05, 0.1) is 6.04 Å². The number of pyridine rings is 1. The first-order valence-electron chi connectivity index (χ1n) is 6.97. The first-order valence-corrected chi connectivity index (χ1v) is 6.97. The zero-order valence-electron chi connectivity index (χ0n) is 12.5. The average Bonchev–Trinajstić information content (AvgIpc) is 2.84. The van der Waals surface area contributed by atoms with E-state index < -0.39 is 0 Å². The summed E-state index contributed by atoms with van der Waals surface area (Å²) in [5, 5.41) is 0. The molecule has 5 heteroatoms.